The van der Waals surface area contributed by atoms with Crippen LogP contribution in [0.2, 0.25) is 0 Å². The number of carbonyl (C=O) groups is 1. The van der Waals surface area contributed by atoms with Gasteiger partial charge in [-0.25, -0.2) is 4.98 Å². The number of carbonyl (C=O) groups excluding carboxylic acids is 1. The van der Waals surface area contributed by atoms with Crippen molar-refractivity contribution in [2.45, 2.75) is 32.6 Å². The highest BCUT2D eigenvalue weighted by Crippen LogP contribution is 2.69. The highest BCUT2D eigenvalue weighted by atomic mass is 35.5. The van der Waals surface area contributed by atoms with Gasteiger partial charge in [-0.2, -0.15) is 0 Å². The number of para-hydroxylation sites is 1. The Balaban J connectivity index is 0.00000120. The van der Waals surface area contributed by atoms with Gasteiger partial charge in [0.15, 0.2) is 5.13 Å². The fourth-order valence-corrected chi connectivity index (χ4v) is 6.24. The van der Waals surface area contributed by atoms with Gasteiger partial charge in [0.2, 0.25) is 5.91 Å². The SMILES string of the molecule is CC1(C(=O)N2CCCN(c3nc4ccccc4s3)CC2)CC12CCNCC2.Cl.Cl. The molecule has 1 N–H and O–H groups in total. The highest BCUT2D eigenvalue weighted by Gasteiger charge is 2.68. The first-order valence-electron chi connectivity index (χ1n) is 10.2. The number of thiazole rings is 1. The lowest BCUT2D eigenvalue weighted by atomic mass is 9.85. The summed E-state index contributed by atoms with van der Waals surface area (Å²) in [6.45, 7) is 7.91. The van der Waals surface area contributed by atoms with E-state index in [4.69, 9.17) is 4.98 Å². The van der Waals surface area contributed by atoms with Crippen LogP contribution in [0, 0.1) is 10.8 Å². The molecular weight excluding hydrogens is 427 g/mol. The molecule has 1 amide bonds. The number of anilines is 1. The summed E-state index contributed by atoms with van der Waals surface area (Å²) < 4.78 is 1.24. The first kappa shape index (κ1) is 22.6. The summed E-state index contributed by atoms with van der Waals surface area (Å²) in [5.74, 6) is 0.399. The van der Waals surface area contributed by atoms with Crippen LogP contribution in [0.4, 0.5) is 5.13 Å². The van der Waals surface area contributed by atoms with Crippen molar-refractivity contribution in [3.63, 3.8) is 0 Å². The van der Waals surface area contributed by atoms with E-state index in [-0.39, 0.29) is 35.6 Å². The van der Waals surface area contributed by atoms with Crippen molar-refractivity contribution in [2.75, 3.05) is 44.2 Å². The molecule has 1 saturated carbocycles. The van der Waals surface area contributed by atoms with Crippen LogP contribution in [0.1, 0.15) is 32.6 Å². The Kier molecular flexibility index (Phi) is 6.68. The van der Waals surface area contributed by atoms with E-state index in [1.807, 2.05) is 6.07 Å². The molecule has 1 aromatic carbocycles. The molecule has 2 aliphatic heterocycles. The van der Waals surface area contributed by atoms with Gasteiger partial charge in [0, 0.05) is 26.2 Å². The van der Waals surface area contributed by atoms with Gasteiger partial charge in [0.05, 0.1) is 15.6 Å². The van der Waals surface area contributed by atoms with Gasteiger partial charge in [-0.1, -0.05) is 30.4 Å². The number of piperidine rings is 1. The molecule has 1 unspecified atom stereocenters. The van der Waals surface area contributed by atoms with Gasteiger partial charge in [-0.3, -0.25) is 4.79 Å². The van der Waals surface area contributed by atoms with E-state index >= 15 is 0 Å². The number of halogens is 2. The third-order valence-corrected chi connectivity index (χ3v) is 8.20. The molecule has 1 aromatic heterocycles. The van der Waals surface area contributed by atoms with Crippen LogP contribution >= 0.6 is 36.2 Å². The third kappa shape index (κ3) is 3.85. The maximum absolute atomic E-state index is 13.4. The number of aromatic nitrogens is 1. The second-order valence-electron chi connectivity index (χ2n) is 8.64. The molecule has 2 aromatic rings. The van der Waals surface area contributed by atoms with Gasteiger partial charge < -0.3 is 15.1 Å². The second kappa shape index (κ2) is 8.58. The molecule has 2 saturated heterocycles. The van der Waals surface area contributed by atoms with Crippen molar-refractivity contribution in [3.8, 4) is 0 Å². The van der Waals surface area contributed by atoms with Crippen LogP contribution in [0.3, 0.4) is 0 Å². The van der Waals surface area contributed by atoms with Crippen LogP contribution in [0.5, 0.6) is 0 Å². The third-order valence-electron chi connectivity index (χ3n) is 7.11. The van der Waals surface area contributed by atoms with Crippen molar-refractivity contribution in [3.05, 3.63) is 24.3 Å². The summed E-state index contributed by atoms with van der Waals surface area (Å²) in [6, 6.07) is 8.33. The fraction of sp³-hybridized carbons (Fsp3) is 0.619. The van der Waals surface area contributed by atoms with Gasteiger partial charge >= 0.3 is 0 Å². The predicted octanol–water partition coefficient (Wildman–Crippen LogP) is 3.96. The molecule has 8 heteroatoms. The van der Waals surface area contributed by atoms with Gasteiger partial charge in [0.25, 0.3) is 0 Å². The highest BCUT2D eigenvalue weighted by molar-refractivity contribution is 7.22. The minimum absolute atomic E-state index is 0. The molecule has 1 atom stereocenters. The normalized spacial score (nSPS) is 25.8. The number of nitrogens with zero attached hydrogens (tertiary/aromatic N) is 3. The lowest BCUT2D eigenvalue weighted by molar-refractivity contribution is -0.137. The van der Waals surface area contributed by atoms with E-state index in [1.165, 1.54) is 4.70 Å². The minimum atomic E-state index is -0.125. The lowest BCUT2D eigenvalue weighted by Crippen LogP contribution is -2.42. The van der Waals surface area contributed by atoms with Gasteiger partial charge in [0.1, 0.15) is 0 Å². The minimum Gasteiger partial charge on any atom is -0.346 e. The number of rotatable bonds is 2. The monoisotopic (exact) mass is 456 g/mol. The quantitative estimate of drug-likeness (QED) is 0.742. The van der Waals surface area contributed by atoms with Crippen LogP contribution in [-0.4, -0.2) is 55.1 Å². The van der Waals surface area contributed by atoms with E-state index in [0.29, 0.717) is 5.91 Å². The van der Waals surface area contributed by atoms with Crippen molar-refractivity contribution >= 4 is 57.4 Å². The Morgan fingerprint density at radius 2 is 1.86 bits per heavy atom. The average molecular weight is 457 g/mol. The van der Waals surface area contributed by atoms with Crippen LogP contribution < -0.4 is 10.2 Å². The van der Waals surface area contributed by atoms with Crippen molar-refractivity contribution in [1.29, 1.82) is 0 Å². The standard InChI is InChI=1S/C21H28N4OS.2ClH/c1-20(15-21(20)7-9-22-10-8-21)18(26)24-11-4-12-25(14-13-24)19-23-16-5-2-3-6-17(16)27-19;;/h2-3,5-6,22H,4,7-15H2,1H3;2*1H. The molecule has 3 aliphatic rings. The number of nitrogens with one attached hydrogen (secondary N) is 1. The van der Waals surface area contributed by atoms with E-state index < -0.39 is 0 Å². The topological polar surface area (TPSA) is 48.5 Å². The van der Waals surface area contributed by atoms with E-state index in [9.17, 15) is 4.79 Å². The molecule has 29 heavy (non-hydrogen) atoms. The Morgan fingerprint density at radius 3 is 2.62 bits per heavy atom. The van der Waals surface area contributed by atoms with E-state index in [2.05, 4.69) is 40.2 Å². The van der Waals surface area contributed by atoms with E-state index in [1.54, 1.807) is 11.3 Å². The second-order valence-corrected chi connectivity index (χ2v) is 9.65. The summed E-state index contributed by atoms with van der Waals surface area (Å²) in [4.78, 5) is 22.7. The zero-order valence-electron chi connectivity index (χ0n) is 16.9. The molecule has 0 bridgehead atoms. The zero-order chi connectivity index (χ0) is 18.5. The van der Waals surface area contributed by atoms with Gasteiger partial charge in [-0.15, -0.1) is 24.8 Å². The smallest absolute Gasteiger partial charge is 0.229 e. The fourth-order valence-electron chi connectivity index (χ4n) is 5.23. The van der Waals surface area contributed by atoms with E-state index in [0.717, 1.165) is 75.6 Å². The van der Waals surface area contributed by atoms with Crippen molar-refractivity contribution < 1.29 is 4.79 Å². The predicted molar refractivity (Wildman–Crippen MR) is 125 cm³/mol. The number of benzene rings is 1. The summed E-state index contributed by atoms with van der Waals surface area (Å²) >= 11 is 1.76. The van der Waals surface area contributed by atoms with Crippen LogP contribution in [0.15, 0.2) is 24.3 Å². The molecule has 1 aliphatic carbocycles. The molecule has 3 heterocycles. The molecular formula is C21H30Cl2N4OS. The zero-order valence-corrected chi connectivity index (χ0v) is 19.3. The summed E-state index contributed by atoms with van der Waals surface area (Å²) in [7, 11) is 0. The molecule has 5 nitrogen and oxygen atoms in total. The number of amides is 1. The van der Waals surface area contributed by atoms with Crippen LogP contribution in [0.25, 0.3) is 10.2 Å². The van der Waals surface area contributed by atoms with Gasteiger partial charge in [-0.05, 0) is 56.3 Å². The van der Waals surface area contributed by atoms with Crippen molar-refractivity contribution in [2.24, 2.45) is 10.8 Å². The Bertz CT molecular complexity index is 836. The Labute approximate surface area is 189 Å². The number of fused-ring (bicyclic) bond motifs is 1. The Hall–Kier alpha value is -1.08. The molecule has 160 valence electrons. The first-order chi connectivity index (χ1) is 13.1. The first-order valence-corrected chi connectivity index (χ1v) is 11.0. The van der Waals surface area contributed by atoms with Crippen molar-refractivity contribution in [1.82, 2.24) is 15.2 Å². The maximum atomic E-state index is 13.4. The van der Waals surface area contributed by atoms with Crippen LogP contribution in [-0.2, 0) is 4.79 Å². The maximum Gasteiger partial charge on any atom is 0.229 e. The molecule has 1 spiro atoms. The summed E-state index contributed by atoms with van der Waals surface area (Å²) in [5, 5.41) is 4.54. The largest absolute Gasteiger partial charge is 0.346 e. The Morgan fingerprint density at radius 1 is 1.10 bits per heavy atom. The lowest BCUT2D eigenvalue weighted by Gasteiger charge is -2.31. The number of hydrogen-bond donors (Lipinski definition) is 1. The molecule has 3 fully saturated rings. The average Bonchev–Trinajstić information content (AvgIpc) is 3.14. The molecule has 5 rings (SSSR count). The summed E-state index contributed by atoms with van der Waals surface area (Å²) in [6.07, 6.45) is 4.41. The molecule has 0 radical (unpaired) electrons. The number of hydrogen-bond acceptors (Lipinski definition) is 5. The summed E-state index contributed by atoms with van der Waals surface area (Å²) in [5.41, 5.74) is 1.22.